The molecule has 0 fully saturated rings. The molecule has 1 atom stereocenters. The first-order valence-electron chi connectivity index (χ1n) is 14.1. The summed E-state index contributed by atoms with van der Waals surface area (Å²) in [4.78, 5) is 32.4. The number of benzene rings is 6. The van der Waals surface area contributed by atoms with Crippen LogP contribution in [-0.4, -0.2) is 0 Å². The zero-order valence-electron chi connectivity index (χ0n) is 23.2. The van der Waals surface area contributed by atoms with Gasteiger partial charge in [-0.3, -0.25) is 9.59 Å². The molecule has 1 unspecified atom stereocenters. The van der Waals surface area contributed by atoms with Crippen LogP contribution >= 0.6 is 34.4 Å². The minimum atomic E-state index is -0.386. The first kappa shape index (κ1) is 29.5. The Morgan fingerprint density at radius 2 is 0.889 bits per heavy atom. The van der Waals surface area contributed by atoms with E-state index in [2.05, 4.69) is 78.9 Å². The van der Waals surface area contributed by atoms with Crippen LogP contribution in [0.1, 0.15) is 7.43 Å². The van der Waals surface area contributed by atoms with Crippen LogP contribution in [0.3, 0.4) is 0 Å². The molecule has 0 bridgehead atoms. The first-order chi connectivity index (χ1) is 21.6. The molecule has 0 radical (unpaired) electrons. The van der Waals surface area contributed by atoms with Crippen molar-refractivity contribution < 1.29 is 0 Å². The van der Waals surface area contributed by atoms with Gasteiger partial charge in [0.05, 0.1) is 10.9 Å². The van der Waals surface area contributed by atoms with Gasteiger partial charge in [-0.25, -0.2) is 0 Å². The fourth-order valence-electron chi connectivity index (χ4n) is 5.50. The molecule has 8 aromatic rings. The second-order valence-corrected chi connectivity index (χ2v) is 15.7. The quantitative estimate of drug-likeness (QED) is 0.137. The fraction of sp³-hybridized carbons (Fsp3) is 0.0256. The summed E-state index contributed by atoms with van der Waals surface area (Å²) in [5.41, 5.74) is 0.175. The van der Waals surface area contributed by atoms with Gasteiger partial charge in [-0.2, -0.15) is 0 Å². The highest BCUT2D eigenvalue weighted by Crippen LogP contribution is 2.37. The number of hydrogen-bond donors (Lipinski definition) is 0. The van der Waals surface area contributed by atoms with Gasteiger partial charge in [-0.1, -0.05) is 61.7 Å². The molecule has 2 aromatic heterocycles. The predicted octanol–water partition coefficient (Wildman–Crippen LogP) is 11.0. The number of fused-ring (bicyclic) bond motifs is 4. The Morgan fingerprint density at radius 1 is 0.422 bits per heavy atom. The Bertz CT molecular complexity index is 2460. The SMILES string of the molecule is C.O=c1c2ccccc2sc2ccc(Sc3ccc([S+](c4ccccc4)c4ccc5sc6ccccc6c(=O)c5c4)cc3)cc12. The molecule has 0 N–H and O–H groups in total. The molecule has 2 heterocycles. The van der Waals surface area contributed by atoms with Crippen LogP contribution in [0.2, 0.25) is 0 Å². The van der Waals surface area contributed by atoms with Crippen LogP contribution < -0.4 is 10.9 Å². The highest BCUT2D eigenvalue weighted by atomic mass is 32.2. The third-order valence-corrected chi connectivity index (χ3v) is 13.1. The van der Waals surface area contributed by atoms with E-state index in [1.807, 2.05) is 60.7 Å². The molecular formula is C39H27O2S4+. The molecule has 0 aliphatic rings. The highest BCUT2D eigenvalue weighted by molar-refractivity contribution is 7.99. The summed E-state index contributed by atoms with van der Waals surface area (Å²) < 4.78 is 4.04. The van der Waals surface area contributed by atoms with E-state index in [9.17, 15) is 9.59 Å². The van der Waals surface area contributed by atoms with Crippen LogP contribution in [-0.2, 0) is 10.9 Å². The first-order valence-corrected chi connectivity index (χ1v) is 17.8. The molecule has 6 heteroatoms. The molecule has 6 aromatic carbocycles. The molecule has 0 spiro atoms. The topological polar surface area (TPSA) is 34.1 Å². The molecule has 2 nitrogen and oxygen atoms in total. The van der Waals surface area contributed by atoms with Gasteiger partial charge in [0.25, 0.3) is 0 Å². The second-order valence-electron chi connectivity index (χ2n) is 10.4. The zero-order chi connectivity index (χ0) is 29.6. The number of hydrogen-bond acceptors (Lipinski definition) is 5. The van der Waals surface area contributed by atoms with Crippen molar-refractivity contribution in [2.75, 3.05) is 0 Å². The van der Waals surface area contributed by atoms with Crippen LogP contribution in [0.25, 0.3) is 40.3 Å². The van der Waals surface area contributed by atoms with Crippen LogP contribution in [0.5, 0.6) is 0 Å². The van der Waals surface area contributed by atoms with Gasteiger partial charge in [0.15, 0.2) is 25.5 Å². The van der Waals surface area contributed by atoms with E-state index in [1.165, 1.54) is 9.79 Å². The van der Waals surface area contributed by atoms with Gasteiger partial charge < -0.3 is 0 Å². The minimum Gasteiger partial charge on any atom is -0.289 e. The molecule has 218 valence electrons. The van der Waals surface area contributed by atoms with E-state index in [0.29, 0.717) is 0 Å². The molecule has 0 aliphatic carbocycles. The Morgan fingerprint density at radius 3 is 1.53 bits per heavy atom. The van der Waals surface area contributed by atoms with Gasteiger partial charge in [0.1, 0.15) is 0 Å². The Kier molecular flexibility index (Phi) is 8.06. The molecule has 0 saturated carbocycles. The van der Waals surface area contributed by atoms with Gasteiger partial charge in [-0.15, -0.1) is 22.7 Å². The third kappa shape index (κ3) is 5.49. The summed E-state index contributed by atoms with van der Waals surface area (Å²) in [5.74, 6) is 0. The largest absolute Gasteiger partial charge is 0.289 e. The Labute approximate surface area is 276 Å². The monoisotopic (exact) mass is 655 g/mol. The van der Waals surface area contributed by atoms with Crippen LogP contribution in [0, 0.1) is 0 Å². The van der Waals surface area contributed by atoms with E-state index in [1.54, 1.807) is 34.4 Å². The maximum atomic E-state index is 13.5. The minimum absolute atomic E-state index is 0. The predicted molar refractivity (Wildman–Crippen MR) is 197 cm³/mol. The van der Waals surface area contributed by atoms with Crippen molar-refractivity contribution in [1.29, 1.82) is 0 Å². The van der Waals surface area contributed by atoms with Crippen molar-refractivity contribution in [3.63, 3.8) is 0 Å². The van der Waals surface area contributed by atoms with Crippen molar-refractivity contribution in [2.24, 2.45) is 0 Å². The van der Waals surface area contributed by atoms with E-state index >= 15 is 0 Å². The second kappa shape index (κ2) is 12.3. The van der Waals surface area contributed by atoms with E-state index in [0.717, 1.165) is 55.0 Å². The van der Waals surface area contributed by atoms with Crippen molar-refractivity contribution in [1.82, 2.24) is 0 Å². The van der Waals surface area contributed by atoms with Crippen LogP contribution in [0.15, 0.2) is 174 Å². The lowest BCUT2D eigenvalue weighted by molar-refractivity contribution is 1.29. The normalized spacial score (nSPS) is 12.0. The lowest BCUT2D eigenvalue weighted by Gasteiger charge is -2.10. The third-order valence-electron chi connectivity index (χ3n) is 7.60. The van der Waals surface area contributed by atoms with E-state index in [-0.39, 0.29) is 29.2 Å². The van der Waals surface area contributed by atoms with Gasteiger partial charge in [0.2, 0.25) is 0 Å². The van der Waals surface area contributed by atoms with Crippen molar-refractivity contribution >= 4 is 85.7 Å². The van der Waals surface area contributed by atoms with Gasteiger partial charge >= 0.3 is 0 Å². The number of rotatable bonds is 5. The Hall–Kier alpha value is -4.20. The van der Waals surface area contributed by atoms with Crippen molar-refractivity contribution in [3.8, 4) is 0 Å². The summed E-state index contributed by atoms with van der Waals surface area (Å²) in [6.45, 7) is 0. The van der Waals surface area contributed by atoms with Gasteiger partial charge in [0, 0.05) is 56.2 Å². The van der Waals surface area contributed by atoms with E-state index < -0.39 is 0 Å². The smallest absolute Gasteiger partial charge is 0.196 e. The summed E-state index contributed by atoms with van der Waals surface area (Å²) in [7, 11) is -0.386. The Balaban J connectivity index is 0.00000325. The average molecular weight is 656 g/mol. The molecule has 0 aliphatic heterocycles. The lowest BCUT2D eigenvalue weighted by Crippen LogP contribution is -2.07. The van der Waals surface area contributed by atoms with Crippen molar-refractivity contribution in [2.45, 2.75) is 31.9 Å². The van der Waals surface area contributed by atoms with E-state index in [4.69, 9.17) is 0 Å². The molecular weight excluding hydrogens is 629 g/mol. The average Bonchev–Trinajstić information content (AvgIpc) is 3.07. The van der Waals surface area contributed by atoms with Gasteiger partial charge in [-0.05, 0) is 91.0 Å². The lowest BCUT2D eigenvalue weighted by atomic mass is 10.2. The maximum absolute atomic E-state index is 13.5. The van der Waals surface area contributed by atoms with Crippen LogP contribution in [0.4, 0.5) is 0 Å². The summed E-state index contributed by atoms with van der Waals surface area (Å²) in [5, 5.41) is 3.09. The zero-order valence-corrected chi connectivity index (χ0v) is 26.5. The molecule has 0 saturated heterocycles. The molecule has 0 amide bonds. The van der Waals surface area contributed by atoms with Crippen molar-refractivity contribution in [3.05, 3.63) is 160 Å². The molecule has 8 rings (SSSR count). The summed E-state index contributed by atoms with van der Waals surface area (Å²) >= 11 is 4.98. The fourth-order valence-corrected chi connectivity index (χ4v) is 10.6. The summed E-state index contributed by atoms with van der Waals surface area (Å²) in [6, 6.07) is 47.4. The highest BCUT2D eigenvalue weighted by Gasteiger charge is 2.29. The maximum Gasteiger partial charge on any atom is 0.196 e. The molecule has 45 heavy (non-hydrogen) atoms. The summed E-state index contributed by atoms with van der Waals surface area (Å²) in [6.07, 6.45) is 0. The standard InChI is InChI=1S/C38H23O2S4.CH4/c39-37-29-10-4-6-12-33(29)42-35-20-16-25(22-31(35)37)41-24-14-17-27(18-15-24)44(26-8-2-1-3-9-26)28-19-21-36-32(23-28)38(40)30-11-5-7-13-34(30)43-36;/h1-23H;1H4/q+1;.